The molecule has 3 heterocycles. The molecule has 0 saturated carbocycles. The molecule has 0 spiro atoms. The van der Waals surface area contributed by atoms with Crippen molar-refractivity contribution in [3.05, 3.63) is 66.4 Å². The lowest BCUT2D eigenvalue weighted by Crippen LogP contribution is -2.07. The molecule has 0 aliphatic heterocycles. The normalized spacial score (nSPS) is 11.8. The van der Waals surface area contributed by atoms with Crippen molar-refractivity contribution in [1.29, 1.82) is 0 Å². The van der Waals surface area contributed by atoms with Gasteiger partial charge in [0.25, 0.3) is 0 Å². The Morgan fingerprint density at radius 1 is 0.333 bits per heavy atom. The van der Waals surface area contributed by atoms with Crippen molar-refractivity contribution < 1.29 is 24.1 Å². The fourth-order valence-electron chi connectivity index (χ4n) is 13.6. The first-order chi connectivity index (χ1) is 45.7. The molecular weight excluding hydrogens is 1200 g/mol. The van der Waals surface area contributed by atoms with E-state index in [2.05, 4.69) is 60.6 Å². The highest BCUT2D eigenvalue weighted by atomic mass is 32.1. The van der Waals surface area contributed by atoms with Gasteiger partial charge in [0.1, 0.15) is 5.76 Å². The summed E-state index contributed by atoms with van der Waals surface area (Å²) in [4.78, 5) is 21.2. The number of hydrogen-bond acceptors (Lipinski definition) is 8. The molecule has 0 bridgehead atoms. The highest BCUT2D eigenvalue weighted by Crippen LogP contribution is 2.46. The second-order valence-electron chi connectivity index (χ2n) is 28.3. The number of carbonyl (C=O) groups excluding carboxylic acids is 1. The first-order valence-corrected chi connectivity index (χ1v) is 42.4. The first kappa shape index (κ1) is 82.4. The topological polar surface area (TPSA) is 65.0 Å². The number of rotatable bonds is 65. The number of ether oxygens (including phenoxy) is 3. The minimum atomic E-state index is -0.212. The van der Waals surface area contributed by atoms with Gasteiger partial charge in [0.2, 0.25) is 5.75 Å². The molecule has 0 aliphatic carbocycles. The highest BCUT2D eigenvalue weighted by Gasteiger charge is 2.23. The van der Waals surface area contributed by atoms with Gasteiger partial charge in [0, 0.05) is 47.2 Å². The molecule has 93 heavy (non-hydrogen) atoms. The van der Waals surface area contributed by atoms with Crippen molar-refractivity contribution in [3.8, 4) is 38.8 Å². The van der Waals surface area contributed by atoms with Gasteiger partial charge in [-0.05, 0) is 82.9 Å². The van der Waals surface area contributed by atoms with Crippen LogP contribution in [0.4, 0.5) is 0 Å². The Morgan fingerprint density at radius 3 is 0.882 bits per heavy atom. The van der Waals surface area contributed by atoms with E-state index in [1.165, 1.54) is 356 Å². The summed E-state index contributed by atoms with van der Waals surface area (Å²) in [5.74, 6) is 1.51. The second-order valence-corrected chi connectivity index (χ2v) is 32.3. The van der Waals surface area contributed by atoms with Gasteiger partial charge >= 0.3 is 0 Å². The summed E-state index contributed by atoms with van der Waals surface area (Å²) in [6, 6.07) is 10.3. The van der Waals surface area contributed by atoms with E-state index in [1.54, 1.807) is 22.7 Å². The molecule has 0 aliphatic rings. The van der Waals surface area contributed by atoms with E-state index in [0.29, 0.717) is 47.5 Å². The van der Waals surface area contributed by atoms with Crippen LogP contribution in [-0.2, 0) is 0 Å². The fraction of sp³-hybridized carbons (Fsp3) is 0.753. The van der Waals surface area contributed by atoms with Crippen LogP contribution in [0, 0.1) is 27.7 Å². The van der Waals surface area contributed by atoms with Crippen molar-refractivity contribution in [2.45, 2.75) is 395 Å². The van der Waals surface area contributed by atoms with E-state index in [0.717, 1.165) is 49.0 Å². The van der Waals surface area contributed by atoms with Crippen LogP contribution in [0.3, 0.4) is 0 Å². The molecule has 0 radical (unpaired) electrons. The Labute approximate surface area is 586 Å². The zero-order valence-corrected chi connectivity index (χ0v) is 64.0. The number of unbranched alkanes of at least 4 members (excludes halogenated alkanes) is 51. The van der Waals surface area contributed by atoms with Gasteiger partial charge in [-0.2, -0.15) is 0 Å². The predicted octanol–water partition coefficient (Wildman–Crippen LogP) is 30.5. The Balaban J connectivity index is 1.38. The number of thiophene rings is 3. The summed E-state index contributed by atoms with van der Waals surface area (Å²) >= 11 is 5.12. The highest BCUT2D eigenvalue weighted by molar-refractivity contribution is 7.19. The minimum Gasteiger partial charge on any atom is -0.507 e. The maximum absolute atomic E-state index is 14.5. The lowest BCUT2D eigenvalue weighted by Gasteiger charge is -2.19. The van der Waals surface area contributed by atoms with Crippen LogP contribution in [0.25, 0.3) is 27.3 Å². The number of ketones is 1. The Kier molecular flexibility index (Phi) is 49.5. The van der Waals surface area contributed by atoms with E-state index in [-0.39, 0.29) is 11.5 Å². The van der Waals surface area contributed by atoms with E-state index in [9.17, 15) is 9.90 Å². The molecular formula is C85H142O5S3. The van der Waals surface area contributed by atoms with Crippen LogP contribution in [0.5, 0.6) is 17.2 Å². The average Bonchev–Trinajstić information content (AvgIpc) is 1.66. The Morgan fingerprint density at radius 2 is 0.602 bits per heavy atom. The zero-order valence-electron chi connectivity index (χ0n) is 61.6. The number of allylic oxidation sites excluding steroid dienone is 1. The van der Waals surface area contributed by atoms with E-state index in [4.69, 9.17) is 14.2 Å². The zero-order chi connectivity index (χ0) is 66.5. The van der Waals surface area contributed by atoms with Gasteiger partial charge < -0.3 is 19.3 Å². The molecule has 4 aromatic rings. The molecule has 5 nitrogen and oxygen atoms in total. The second kappa shape index (κ2) is 55.9. The monoisotopic (exact) mass is 1340 g/mol. The summed E-state index contributed by atoms with van der Waals surface area (Å²) in [5, 5.41) is 12.1. The lowest BCUT2D eigenvalue weighted by atomic mass is 10.0. The van der Waals surface area contributed by atoms with Crippen LogP contribution in [0.15, 0.2) is 36.4 Å². The SMILES string of the molecule is CCCCCCCCCCCCCCCCCCCCOc1cc(/C(O)=C/C(=O)c2cc(-c3cc(C)sc3C)c(-c3cc(C)sc3C)s2)cc(OCCCCCCCCCCCCCCCCCCCC)c1OCCCCCCCCCCCCCCCCCCCC. The molecule has 0 unspecified atom stereocenters. The number of aryl methyl sites for hydroxylation is 4. The van der Waals surface area contributed by atoms with Gasteiger partial charge in [0.05, 0.1) is 24.7 Å². The van der Waals surface area contributed by atoms with Crippen LogP contribution in [-0.4, -0.2) is 30.7 Å². The number of benzene rings is 1. The van der Waals surface area contributed by atoms with Crippen molar-refractivity contribution in [3.63, 3.8) is 0 Å². The largest absolute Gasteiger partial charge is 0.507 e. The molecule has 0 amide bonds. The van der Waals surface area contributed by atoms with Crippen molar-refractivity contribution in [2.24, 2.45) is 0 Å². The van der Waals surface area contributed by atoms with Crippen LogP contribution in [0.2, 0.25) is 0 Å². The van der Waals surface area contributed by atoms with Crippen LogP contribution >= 0.6 is 34.0 Å². The summed E-state index contributed by atoms with van der Waals surface area (Å²) in [6.07, 6.45) is 73.8. The molecule has 3 aromatic heterocycles. The van der Waals surface area contributed by atoms with Crippen LogP contribution < -0.4 is 14.2 Å². The molecule has 4 rings (SSSR count). The van der Waals surface area contributed by atoms with Crippen LogP contribution in [0.1, 0.15) is 402 Å². The van der Waals surface area contributed by atoms with Gasteiger partial charge in [-0.25, -0.2) is 0 Å². The molecule has 1 N–H and O–H groups in total. The Bertz CT molecular complexity index is 2330. The van der Waals surface area contributed by atoms with Gasteiger partial charge in [-0.3, -0.25) is 4.79 Å². The molecule has 0 atom stereocenters. The molecule has 8 heteroatoms. The third-order valence-corrected chi connectivity index (χ3v) is 22.5. The molecule has 530 valence electrons. The lowest BCUT2D eigenvalue weighted by molar-refractivity contribution is 0.104. The quantitative estimate of drug-likeness (QED) is 0.0207. The van der Waals surface area contributed by atoms with Gasteiger partial charge in [0.15, 0.2) is 17.3 Å². The van der Waals surface area contributed by atoms with E-state index in [1.807, 2.05) is 18.2 Å². The number of hydrogen-bond donors (Lipinski definition) is 1. The minimum absolute atomic E-state index is 0.0901. The summed E-state index contributed by atoms with van der Waals surface area (Å²) in [6.45, 7) is 17.3. The van der Waals surface area contributed by atoms with Gasteiger partial charge in [-0.1, -0.05) is 348 Å². The molecule has 1 aromatic carbocycles. The third kappa shape index (κ3) is 38.6. The van der Waals surface area contributed by atoms with Crippen molar-refractivity contribution in [2.75, 3.05) is 19.8 Å². The molecule has 0 fully saturated rings. The summed E-state index contributed by atoms with van der Waals surface area (Å²) < 4.78 is 20.3. The molecule has 0 saturated heterocycles. The fourth-order valence-corrected chi connectivity index (χ4v) is 16.7. The predicted molar refractivity (Wildman–Crippen MR) is 414 cm³/mol. The maximum Gasteiger partial charge on any atom is 0.203 e. The average molecular weight is 1340 g/mol. The van der Waals surface area contributed by atoms with Crippen molar-refractivity contribution >= 4 is 45.6 Å². The summed E-state index contributed by atoms with van der Waals surface area (Å²) in [5.41, 5.74) is 3.95. The van der Waals surface area contributed by atoms with E-state index >= 15 is 0 Å². The Hall–Kier alpha value is -3.07. The first-order valence-electron chi connectivity index (χ1n) is 40.0. The number of aliphatic hydroxyl groups is 1. The van der Waals surface area contributed by atoms with E-state index < -0.39 is 0 Å². The smallest absolute Gasteiger partial charge is 0.203 e. The van der Waals surface area contributed by atoms with Crippen molar-refractivity contribution in [1.82, 2.24) is 0 Å². The van der Waals surface area contributed by atoms with Gasteiger partial charge in [-0.15, -0.1) is 34.0 Å². The summed E-state index contributed by atoms with van der Waals surface area (Å²) in [7, 11) is 0. The maximum atomic E-state index is 14.5. The number of carbonyl (C=O) groups is 1. The number of aliphatic hydroxyl groups excluding tert-OH is 1. The standard InChI is InChI=1S/C85H142O5S3/c1-8-11-14-17-20-23-26-29-32-35-38-41-44-47-50-53-56-59-62-88-81-67-75(79(86)70-80(87)83-69-78(76-65-71(4)91-73(76)6)85(93-83)77-66-72(5)92-74(77)7)68-82(89-63-60-57-54-51-48-45-42-39-36-33-30-27-24-21-18-15-12-9-2)84(81)90-64-61-58-55-52-49-46-43-40-37-34-31-28-25-22-19-16-13-10-3/h65-70,86H,8-64H2,1-7H3/b79-70-. The third-order valence-electron chi connectivity index (χ3n) is 19.4.